The number of hydrogen-bond donors (Lipinski definition) is 3. The largest absolute Gasteiger partial charge is 0.496 e. The number of carboxylic acid groups (broad SMARTS) is 1. The van der Waals surface area contributed by atoms with E-state index in [4.69, 9.17) is 29.8 Å². The van der Waals surface area contributed by atoms with E-state index in [1.807, 2.05) is 0 Å². The van der Waals surface area contributed by atoms with E-state index in [1.165, 1.54) is 52.7 Å². The van der Waals surface area contributed by atoms with Crippen LogP contribution >= 0.6 is 0 Å². The molecule has 0 bridgehead atoms. The number of aliphatic carboxylic acids is 1. The van der Waals surface area contributed by atoms with Crippen molar-refractivity contribution >= 4 is 27.8 Å². The number of nitrogens with two attached hydrogens (primary N) is 1. The molecule has 0 aliphatic rings. The number of carboxylic acids is 1. The van der Waals surface area contributed by atoms with Crippen molar-refractivity contribution in [1.29, 1.82) is 0 Å². The van der Waals surface area contributed by atoms with Crippen molar-refractivity contribution < 1.29 is 37.3 Å². The van der Waals surface area contributed by atoms with E-state index in [0.29, 0.717) is 22.8 Å². The van der Waals surface area contributed by atoms with Gasteiger partial charge in [-0.1, -0.05) is 0 Å². The van der Waals surface area contributed by atoms with Crippen molar-refractivity contribution in [3.8, 4) is 23.0 Å². The van der Waals surface area contributed by atoms with Crippen molar-refractivity contribution in [3.63, 3.8) is 0 Å². The average Bonchev–Trinajstić information content (AvgIpc) is 2.75. The number of anilines is 1. The van der Waals surface area contributed by atoms with Gasteiger partial charge in [-0.2, -0.15) is 0 Å². The molecule has 31 heavy (non-hydrogen) atoms. The van der Waals surface area contributed by atoms with Gasteiger partial charge in [-0.15, -0.1) is 0 Å². The van der Waals surface area contributed by atoms with Gasteiger partial charge in [-0.05, 0) is 24.3 Å². The fraction of sp³-hybridized carbons (Fsp3) is 0.250. The summed E-state index contributed by atoms with van der Waals surface area (Å²) in [7, 11) is 1.72. The Morgan fingerprint density at radius 2 is 1.58 bits per heavy atom. The lowest BCUT2D eigenvalue weighted by molar-refractivity contribution is -0.138. The molecule has 4 N–H and O–H groups in total. The number of benzene rings is 2. The van der Waals surface area contributed by atoms with Crippen LogP contribution in [0.3, 0.4) is 0 Å². The van der Waals surface area contributed by atoms with Gasteiger partial charge in [0.25, 0.3) is 10.0 Å². The molecule has 2 rings (SSSR count). The molecule has 168 valence electrons. The summed E-state index contributed by atoms with van der Waals surface area (Å²) in [5.74, 6) is 0.119. The summed E-state index contributed by atoms with van der Waals surface area (Å²) in [5, 5.41) is 10.1. The van der Waals surface area contributed by atoms with Gasteiger partial charge in [0, 0.05) is 23.4 Å². The molecule has 2 aromatic carbocycles. The fourth-order valence-electron chi connectivity index (χ4n) is 2.73. The lowest BCUT2D eigenvalue weighted by Crippen LogP contribution is -2.21. The third-order valence-electron chi connectivity index (χ3n) is 4.26. The Balaban J connectivity index is 2.37. The third-order valence-corrected chi connectivity index (χ3v) is 5.27. The van der Waals surface area contributed by atoms with Crippen molar-refractivity contribution in [2.45, 2.75) is 6.04 Å². The molecular weight excluding hydrogens is 428 g/mol. The van der Waals surface area contributed by atoms with Crippen LogP contribution in [0.15, 0.2) is 35.7 Å². The smallest absolute Gasteiger partial charge is 0.325 e. The highest BCUT2D eigenvalue weighted by molar-refractivity contribution is 7.95. The molecule has 0 saturated heterocycles. The monoisotopic (exact) mass is 452 g/mol. The summed E-state index contributed by atoms with van der Waals surface area (Å²) < 4.78 is 48.4. The van der Waals surface area contributed by atoms with Crippen LogP contribution in [0, 0.1) is 0 Å². The van der Waals surface area contributed by atoms with E-state index in [2.05, 4.69) is 4.72 Å². The van der Waals surface area contributed by atoms with E-state index >= 15 is 0 Å². The SMILES string of the molecule is COc1cc(OC)c(/C=C/S(=O)(=O)Nc2ccc(OC)c(C(N)C(=O)O)c2)c(OC)c1. The Hall–Kier alpha value is -3.44. The van der Waals surface area contributed by atoms with Crippen molar-refractivity contribution in [1.82, 2.24) is 0 Å². The summed E-state index contributed by atoms with van der Waals surface area (Å²) in [4.78, 5) is 11.2. The number of methoxy groups -OCH3 is 4. The Labute approximate surface area is 180 Å². The first-order valence-corrected chi connectivity index (χ1v) is 10.4. The Kier molecular flexibility index (Phi) is 7.72. The Morgan fingerprint density at radius 3 is 2.06 bits per heavy atom. The lowest BCUT2D eigenvalue weighted by Gasteiger charge is -2.14. The average molecular weight is 452 g/mol. The Bertz CT molecular complexity index is 1060. The molecule has 0 radical (unpaired) electrons. The minimum absolute atomic E-state index is 0.116. The summed E-state index contributed by atoms with van der Waals surface area (Å²) in [6.45, 7) is 0. The minimum atomic E-state index is -3.98. The van der Waals surface area contributed by atoms with Crippen LogP contribution in [0.1, 0.15) is 17.2 Å². The highest BCUT2D eigenvalue weighted by Crippen LogP contribution is 2.35. The van der Waals surface area contributed by atoms with Crippen LogP contribution in [0.4, 0.5) is 5.69 Å². The molecule has 0 saturated carbocycles. The third kappa shape index (κ3) is 5.80. The van der Waals surface area contributed by atoms with Gasteiger partial charge in [0.05, 0.1) is 39.4 Å². The van der Waals surface area contributed by atoms with Crippen LogP contribution < -0.4 is 29.4 Å². The molecular formula is C20H24N2O8S. The molecule has 1 unspecified atom stereocenters. The maximum atomic E-state index is 12.6. The van der Waals surface area contributed by atoms with E-state index in [-0.39, 0.29) is 17.0 Å². The highest BCUT2D eigenvalue weighted by atomic mass is 32.2. The zero-order valence-electron chi connectivity index (χ0n) is 17.4. The number of nitrogens with one attached hydrogen (secondary N) is 1. The van der Waals surface area contributed by atoms with Gasteiger partial charge in [0.2, 0.25) is 0 Å². The van der Waals surface area contributed by atoms with Gasteiger partial charge in [-0.3, -0.25) is 9.52 Å². The summed E-state index contributed by atoms with van der Waals surface area (Å²) >= 11 is 0. The lowest BCUT2D eigenvalue weighted by atomic mass is 10.1. The van der Waals surface area contributed by atoms with Gasteiger partial charge in [-0.25, -0.2) is 8.42 Å². The normalized spacial score (nSPS) is 12.3. The predicted molar refractivity (Wildman–Crippen MR) is 115 cm³/mol. The maximum Gasteiger partial charge on any atom is 0.325 e. The van der Waals surface area contributed by atoms with E-state index in [9.17, 15) is 13.2 Å². The predicted octanol–water partition coefficient (Wildman–Crippen LogP) is 2.22. The summed E-state index contributed by atoms with van der Waals surface area (Å²) in [6, 6.07) is 5.95. The molecule has 0 spiro atoms. The molecule has 0 aromatic heterocycles. The van der Waals surface area contributed by atoms with Gasteiger partial charge in [0.1, 0.15) is 29.0 Å². The van der Waals surface area contributed by atoms with Crippen molar-refractivity contribution in [2.24, 2.45) is 5.73 Å². The standard InChI is InChI=1S/C20H24N2O8S/c1-27-13-10-17(29-3)14(18(11-13)30-4)7-8-31(25,26)22-12-5-6-16(28-2)15(9-12)19(21)20(23)24/h5-11,19,22H,21H2,1-4H3,(H,23,24)/b8-7+. The van der Waals surface area contributed by atoms with E-state index in [0.717, 1.165) is 5.41 Å². The quantitative estimate of drug-likeness (QED) is 0.494. The second-order valence-electron chi connectivity index (χ2n) is 6.17. The zero-order chi connectivity index (χ0) is 23.2. The Morgan fingerprint density at radius 1 is 1.00 bits per heavy atom. The zero-order valence-corrected chi connectivity index (χ0v) is 18.2. The van der Waals surface area contributed by atoms with E-state index in [1.54, 1.807) is 12.1 Å². The minimum Gasteiger partial charge on any atom is -0.496 e. The second kappa shape index (κ2) is 10.0. The van der Waals surface area contributed by atoms with E-state index < -0.39 is 22.0 Å². The van der Waals surface area contributed by atoms with Crippen molar-refractivity contribution in [3.05, 3.63) is 46.9 Å². The molecule has 1 atom stereocenters. The van der Waals surface area contributed by atoms with Crippen molar-refractivity contribution in [2.75, 3.05) is 33.2 Å². The molecule has 10 nitrogen and oxygen atoms in total. The molecule has 0 aliphatic heterocycles. The first-order valence-electron chi connectivity index (χ1n) is 8.83. The summed E-state index contributed by atoms with van der Waals surface area (Å²) in [6.07, 6.45) is 1.31. The highest BCUT2D eigenvalue weighted by Gasteiger charge is 2.20. The first kappa shape index (κ1) is 23.8. The molecule has 0 fully saturated rings. The number of rotatable bonds is 10. The molecule has 2 aromatic rings. The fourth-order valence-corrected chi connectivity index (χ4v) is 3.57. The number of ether oxygens (including phenoxy) is 4. The van der Waals surface area contributed by atoms with Gasteiger partial charge < -0.3 is 29.8 Å². The van der Waals surface area contributed by atoms with Gasteiger partial charge >= 0.3 is 5.97 Å². The van der Waals surface area contributed by atoms with Crippen LogP contribution in [0.25, 0.3) is 6.08 Å². The second-order valence-corrected chi connectivity index (χ2v) is 7.73. The molecule has 0 amide bonds. The topological polar surface area (TPSA) is 146 Å². The molecule has 0 aliphatic carbocycles. The van der Waals surface area contributed by atoms with Crippen LogP contribution in [0.2, 0.25) is 0 Å². The first-order chi connectivity index (χ1) is 14.6. The molecule has 11 heteroatoms. The van der Waals surface area contributed by atoms with Gasteiger partial charge in [0.15, 0.2) is 0 Å². The summed E-state index contributed by atoms with van der Waals surface area (Å²) in [5.41, 5.74) is 6.29. The van der Waals surface area contributed by atoms with Crippen LogP contribution in [-0.4, -0.2) is 47.9 Å². The number of sulfonamides is 1. The molecule has 0 heterocycles. The number of hydrogen-bond acceptors (Lipinski definition) is 8. The van der Waals surface area contributed by atoms with Crippen LogP contribution in [-0.2, 0) is 14.8 Å². The maximum absolute atomic E-state index is 12.6. The van der Waals surface area contributed by atoms with Crippen LogP contribution in [0.5, 0.6) is 23.0 Å². The number of carbonyl (C=O) groups is 1.